The Morgan fingerprint density at radius 3 is 1.90 bits per heavy atom. The standard InChI is InChI=1S/C11H17N3O4S2/c12-20(17,18)14-8-6-13(7-9-14)19(15,16)10-11-4-2-1-3-5-11/h1-5H,6-10H2,(H2,12,17,18). The van der Waals surface area contributed by atoms with Crippen LogP contribution in [0.1, 0.15) is 5.56 Å². The summed E-state index contributed by atoms with van der Waals surface area (Å²) in [6, 6.07) is 8.88. The fourth-order valence-electron chi connectivity index (χ4n) is 2.08. The summed E-state index contributed by atoms with van der Waals surface area (Å²) >= 11 is 0. The summed E-state index contributed by atoms with van der Waals surface area (Å²) in [5.41, 5.74) is 0.710. The van der Waals surface area contributed by atoms with Crippen molar-refractivity contribution in [2.45, 2.75) is 5.75 Å². The van der Waals surface area contributed by atoms with Crippen LogP contribution in [0.25, 0.3) is 0 Å². The topological polar surface area (TPSA) is 101 Å². The van der Waals surface area contributed by atoms with E-state index in [2.05, 4.69) is 0 Å². The second kappa shape index (κ2) is 5.78. The molecule has 1 aliphatic rings. The lowest BCUT2D eigenvalue weighted by Crippen LogP contribution is -2.52. The monoisotopic (exact) mass is 319 g/mol. The molecule has 1 aromatic carbocycles. The maximum absolute atomic E-state index is 12.2. The molecule has 7 nitrogen and oxygen atoms in total. The highest BCUT2D eigenvalue weighted by atomic mass is 32.2. The zero-order valence-electron chi connectivity index (χ0n) is 10.8. The molecular formula is C11H17N3O4S2. The Morgan fingerprint density at radius 1 is 0.900 bits per heavy atom. The lowest BCUT2D eigenvalue weighted by atomic mass is 10.2. The Labute approximate surface area is 119 Å². The van der Waals surface area contributed by atoms with E-state index in [-0.39, 0.29) is 31.9 Å². The maximum atomic E-state index is 12.2. The summed E-state index contributed by atoms with van der Waals surface area (Å²) in [5.74, 6) is -0.0801. The van der Waals surface area contributed by atoms with Gasteiger partial charge in [0.2, 0.25) is 10.0 Å². The number of hydrogen-bond acceptors (Lipinski definition) is 4. The molecule has 0 spiro atoms. The van der Waals surface area contributed by atoms with Gasteiger partial charge in [0.25, 0.3) is 10.2 Å². The second-order valence-corrected chi connectivity index (χ2v) is 8.10. The van der Waals surface area contributed by atoms with Gasteiger partial charge < -0.3 is 0 Å². The number of piperazine rings is 1. The first-order valence-electron chi connectivity index (χ1n) is 6.09. The van der Waals surface area contributed by atoms with Crippen LogP contribution in [0.3, 0.4) is 0 Å². The Balaban J connectivity index is 2.03. The average molecular weight is 319 g/mol. The normalized spacial score (nSPS) is 19.1. The predicted molar refractivity (Wildman–Crippen MR) is 75.3 cm³/mol. The quantitative estimate of drug-likeness (QED) is 0.796. The van der Waals surface area contributed by atoms with Gasteiger partial charge in [-0.3, -0.25) is 0 Å². The summed E-state index contributed by atoms with van der Waals surface area (Å²) in [7, 11) is -7.18. The summed E-state index contributed by atoms with van der Waals surface area (Å²) in [6.07, 6.45) is 0. The number of hydrogen-bond donors (Lipinski definition) is 1. The van der Waals surface area contributed by atoms with Gasteiger partial charge >= 0.3 is 0 Å². The molecule has 0 aliphatic carbocycles. The molecule has 1 saturated heterocycles. The van der Waals surface area contributed by atoms with E-state index in [1.165, 1.54) is 4.31 Å². The third-order valence-corrected chi connectivity index (χ3v) is 6.08. The number of nitrogens with two attached hydrogens (primary N) is 1. The van der Waals surface area contributed by atoms with Crippen LogP contribution in [-0.2, 0) is 26.0 Å². The van der Waals surface area contributed by atoms with Gasteiger partial charge in [0.15, 0.2) is 0 Å². The number of sulfonamides is 1. The molecule has 0 saturated carbocycles. The van der Waals surface area contributed by atoms with E-state index in [1.807, 2.05) is 6.07 Å². The Morgan fingerprint density at radius 2 is 1.40 bits per heavy atom. The molecule has 2 N–H and O–H groups in total. The molecule has 1 heterocycles. The van der Waals surface area contributed by atoms with Crippen LogP contribution in [0, 0.1) is 0 Å². The summed E-state index contributed by atoms with van der Waals surface area (Å²) in [4.78, 5) is 0. The van der Waals surface area contributed by atoms with Crippen molar-refractivity contribution in [2.75, 3.05) is 26.2 Å². The number of benzene rings is 1. The van der Waals surface area contributed by atoms with E-state index in [4.69, 9.17) is 5.14 Å². The number of nitrogens with zero attached hydrogens (tertiary/aromatic N) is 2. The molecule has 0 amide bonds. The highest BCUT2D eigenvalue weighted by Gasteiger charge is 2.30. The smallest absolute Gasteiger partial charge is 0.216 e. The van der Waals surface area contributed by atoms with Gasteiger partial charge in [-0.05, 0) is 5.56 Å². The van der Waals surface area contributed by atoms with Crippen LogP contribution in [-0.4, -0.2) is 51.6 Å². The van der Waals surface area contributed by atoms with Crippen LogP contribution in [0.5, 0.6) is 0 Å². The van der Waals surface area contributed by atoms with E-state index < -0.39 is 20.2 Å². The van der Waals surface area contributed by atoms with Crippen LogP contribution in [0.15, 0.2) is 30.3 Å². The maximum Gasteiger partial charge on any atom is 0.276 e. The molecule has 1 aromatic rings. The molecule has 0 bridgehead atoms. The lowest BCUT2D eigenvalue weighted by molar-refractivity contribution is 0.272. The van der Waals surface area contributed by atoms with Gasteiger partial charge in [0, 0.05) is 26.2 Å². The minimum Gasteiger partial charge on any atom is -0.216 e. The van der Waals surface area contributed by atoms with Crippen LogP contribution >= 0.6 is 0 Å². The lowest BCUT2D eigenvalue weighted by Gasteiger charge is -2.32. The van der Waals surface area contributed by atoms with E-state index in [0.717, 1.165) is 4.31 Å². The minimum atomic E-state index is -3.74. The molecule has 0 atom stereocenters. The molecule has 20 heavy (non-hydrogen) atoms. The van der Waals surface area contributed by atoms with E-state index >= 15 is 0 Å². The van der Waals surface area contributed by atoms with Crippen molar-refractivity contribution < 1.29 is 16.8 Å². The SMILES string of the molecule is NS(=O)(=O)N1CCN(S(=O)(=O)Cc2ccccc2)CC1. The van der Waals surface area contributed by atoms with Crippen molar-refractivity contribution in [2.24, 2.45) is 5.14 Å². The molecule has 2 rings (SSSR count). The van der Waals surface area contributed by atoms with Gasteiger partial charge in [-0.25, -0.2) is 13.6 Å². The molecule has 0 aromatic heterocycles. The Bertz CT molecular complexity index is 650. The van der Waals surface area contributed by atoms with Crippen molar-refractivity contribution >= 4 is 20.2 Å². The number of rotatable bonds is 4. The fourth-order valence-corrected chi connectivity index (χ4v) is 4.27. The summed E-state index contributed by atoms with van der Waals surface area (Å²) in [5, 5.41) is 5.02. The summed E-state index contributed by atoms with van der Waals surface area (Å²) < 4.78 is 49.2. The molecule has 0 radical (unpaired) electrons. The third kappa shape index (κ3) is 3.76. The Hall–Kier alpha value is -1.00. The van der Waals surface area contributed by atoms with Gasteiger partial charge in [-0.15, -0.1) is 0 Å². The molecule has 9 heteroatoms. The van der Waals surface area contributed by atoms with E-state index in [1.54, 1.807) is 24.3 Å². The average Bonchev–Trinajstić information content (AvgIpc) is 2.38. The zero-order chi connectivity index (χ0) is 14.8. The van der Waals surface area contributed by atoms with Crippen molar-refractivity contribution in [3.05, 3.63) is 35.9 Å². The minimum absolute atomic E-state index is 0.0801. The third-order valence-electron chi connectivity index (χ3n) is 3.14. The molecular weight excluding hydrogens is 302 g/mol. The summed E-state index contributed by atoms with van der Waals surface area (Å²) in [6.45, 7) is 0.441. The first-order valence-corrected chi connectivity index (χ1v) is 9.20. The van der Waals surface area contributed by atoms with Gasteiger partial charge in [0.1, 0.15) is 0 Å². The largest absolute Gasteiger partial charge is 0.276 e. The van der Waals surface area contributed by atoms with Gasteiger partial charge in [-0.1, -0.05) is 30.3 Å². The van der Waals surface area contributed by atoms with Gasteiger partial charge in [-0.2, -0.15) is 17.0 Å². The van der Waals surface area contributed by atoms with Crippen LogP contribution in [0.2, 0.25) is 0 Å². The van der Waals surface area contributed by atoms with Crippen molar-refractivity contribution in [3.8, 4) is 0 Å². The van der Waals surface area contributed by atoms with Gasteiger partial charge in [0.05, 0.1) is 5.75 Å². The second-order valence-electron chi connectivity index (χ2n) is 4.58. The van der Waals surface area contributed by atoms with Crippen LogP contribution < -0.4 is 5.14 Å². The van der Waals surface area contributed by atoms with Crippen molar-refractivity contribution in [1.29, 1.82) is 0 Å². The highest BCUT2D eigenvalue weighted by Crippen LogP contribution is 2.14. The zero-order valence-corrected chi connectivity index (χ0v) is 12.5. The fraction of sp³-hybridized carbons (Fsp3) is 0.455. The van der Waals surface area contributed by atoms with Crippen molar-refractivity contribution in [1.82, 2.24) is 8.61 Å². The molecule has 1 aliphatic heterocycles. The Kier molecular flexibility index (Phi) is 4.45. The predicted octanol–water partition coefficient (Wildman–Crippen LogP) is -0.662. The highest BCUT2D eigenvalue weighted by molar-refractivity contribution is 7.88. The first-order chi connectivity index (χ1) is 9.29. The molecule has 0 unspecified atom stereocenters. The molecule has 1 fully saturated rings. The molecule has 112 valence electrons. The van der Waals surface area contributed by atoms with Crippen molar-refractivity contribution in [3.63, 3.8) is 0 Å². The first kappa shape index (κ1) is 15.4. The van der Waals surface area contributed by atoms with E-state index in [9.17, 15) is 16.8 Å². The van der Waals surface area contributed by atoms with Crippen LogP contribution in [0.4, 0.5) is 0 Å². The van der Waals surface area contributed by atoms with E-state index in [0.29, 0.717) is 5.56 Å².